The van der Waals surface area contributed by atoms with Gasteiger partial charge in [-0.3, -0.25) is 43.9 Å². The fraction of sp³-hybridized carbons (Fsp3) is 0.476. The number of unbranched alkanes of at least 4 members (excludes halogenated alkanes) is 3. The van der Waals surface area contributed by atoms with Gasteiger partial charge in [0.05, 0.1) is 17.2 Å². The first kappa shape index (κ1) is 40.5. The number of anilines is 2. The molecule has 5 heterocycles. The SMILES string of the molecule is O=C1CCC(N2C(=O)c3ccc(NCCCCCCC(=O)N4CCC(Nc5cc(C(=O)NC[C@H](O)CN6CCc7ccccc7C6)ncn5)CC4)cc3C2=O)C(=O)N1. The Labute approximate surface area is 337 Å². The molecule has 2 saturated heterocycles. The molecule has 1 aromatic heterocycles. The summed E-state index contributed by atoms with van der Waals surface area (Å²) in [6.07, 6.45) is 7.26. The van der Waals surface area contributed by atoms with Gasteiger partial charge < -0.3 is 26.0 Å². The van der Waals surface area contributed by atoms with E-state index in [0.29, 0.717) is 44.1 Å². The van der Waals surface area contributed by atoms with Crippen LogP contribution in [0.2, 0.25) is 0 Å². The fourth-order valence-electron chi connectivity index (χ4n) is 8.14. The highest BCUT2D eigenvalue weighted by Gasteiger charge is 2.44. The number of aliphatic hydroxyl groups is 1. The van der Waals surface area contributed by atoms with Gasteiger partial charge in [-0.1, -0.05) is 37.1 Å². The van der Waals surface area contributed by atoms with E-state index in [0.717, 1.165) is 62.9 Å². The zero-order valence-corrected chi connectivity index (χ0v) is 32.6. The van der Waals surface area contributed by atoms with Crippen molar-refractivity contribution in [2.45, 2.75) is 88.9 Å². The third-order valence-corrected chi connectivity index (χ3v) is 11.4. The number of aromatic nitrogens is 2. The summed E-state index contributed by atoms with van der Waals surface area (Å²) < 4.78 is 0. The maximum Gasteiger partial charge on any atom is 0.270 e. The van der Waals surface area contributed by atoms with E-state index in [-0.39, 0.29) is 54.1 Å². The number of imide groups is 2. The summed E-state index contributed by atoms with van der Waals surface area (Å²) in [5, 5.41) is 22.3. The first-order valence-corrected chi connectivity index (χ1v) is 20.3. The lowest BCUT2D eigenvalue weighted by Gasteiger charge is -2.32. The average Bonchev–Trinajstić information content (AvgIpc) is 3.47. The smallest absolute Gasteiger partial charge is 0.270 e. The van der Waals surface area contributed by atoms with Crippen LogP contribution >= 0.6 is 0 Å². The molecule has 16 heteroatoms. The molecule has 4 aliphatic heterocycles. The number of amides is 6. The van der Waals surface area contributed by atoms with Gasteiger partial charge in [0.25, 0.3) is 17.7 Å². The van der Waals surface area contributed by atoms with E-state index in [1.165, 1.54) is 17.5 Å². The average molecular weight is 794 g/mol. The highest BCUT2D eigenvalue weighted by molar-refractivity contribution is 6.23. The lowest BCUT2D eigenvalue weighted by molar-refractivity contribution is -0.136. The molecular weight excluding hydrogens is 743 g/mol. The minimum Gasteiger partial charge on any atom is -0.390 e. The number of hydrogen-bond acceptors (Lipinski definition) is 12. The van der Waals surface area contributed by atoms with Gasteiger partial charge in [-0.15, -0.1) is 0 Å². The minimum atomic E-state index is -0.993. The van der Waals surface area contributed by atoms with E-state index in [2.05, 4.69) is 54.3 Å². The summed E-state index contributed by atoms with van der Waals surface area (Å²) in [6.45, 7) is 4.17. The third-order valence-electron chi connectivity index (χ3n) is 11.4. The van der Waals surface area contributed by atoms with Crippen molar-refractivity contribution in [2.24, 2.45) is 0 Å². The van der Waals surface area contributed by atoms with Crippen molar-refractivity contribution in [3.8, 4) is 0 Å². The van der Waals surface area contributed by atoms with Gasteiger partial charge in [0.15, 0.2) is 0 Å². The number of piperidine rings is 2. The van der Waals surface area contributed by atoms with Crippen LogP contribution < -0.4 is 21.3 Å². The van der Waals surface area contributed by atoms with Crippen LogP contribution in [-0.2, 0) is 27.3 Å². The lowest BCUT2D eigenvalue weighted by atomic mass is 10.00. The number of aliphatic hydroxyl groups excluding tert-OH is 1. The van der Waals surface area contributed by atoms with Crippen molar-refractivity contribution in [1.29, 1.82) is 0 Å². The van der Waals surface area contributed by atoms with E-state index in [4.69, 9.17) is 0 Å². The fourth-order valence-corrected chi connectivity index (χ4v) is 8.14. The summed E-state index contributed by atoms with van der Waals surface area (Å²) in [5.41, 5.74) is 4.03. The second kappa shape index (κ2) is 18.7. The lowest BCUT2D eigenvalue weighted by Crippen LogP contribution is -2.54. The second-order valence-electron chi connectivity index (χ2n) is 15.5. The Bertz CT molecular complexity index is 2040. The topological polar surface area (TPSA) is 206 Å². The molecule has 0 saturated carbocycles. The second-order valence-corrected chi connectivity index (χ2v) is 15.5. The van der Waals surface area contributed by atoms with E-state index < -0.39 is 35.8 Å². The molecule has 4 aliphatic rings. The normalized spacial score (nSPS) is 19.0. The van der Waals surface area contributed by atoms with Crippen LogP contribution in [0.15, 0.2) is 54.9 Å². The molecular formula is C42H51N9O7. The highest BCUT2D eigenvalue weighted by atomic mass is 16.3. The standard InChI is InChI=1S/C42H51N9O7/c52-31(25-49-18-14-27-7-4-5-8-28(27)24-49)23-44-39(55)34-22-36(46-26-45-34)47-29-15-19-50(20-16-29)38(54)9-3-1-2-6-17-43-30-10-11-32-33(21-30)42(58)51(41(32)57)35-12-13-37(53)48-40(35)56/h4-5,7-8,10-11,21-22,26,29,31,35,43,52H,1-3,6,9,12-20,23-25H2,(H,44,55)(H,45,46,47)(H,48,53,56)/t31-,35?/m0/s1. The van der Waals surface area contributed by atoms with Gasteiger partial charge in [0.1, 0.15) is 23.9 Å². The molecule has 0 spiro atoms. The summed E-state index contributed by atoms with van der Waals surface area (Å²) >= 11 is 0. The predicted octanol–water partition coefficient (Wildman–Crippen LogP) is 2.49. The molecule has 2 atom stereocenters. The van der Waals surface area contributed by atoms with Crippen molar-refractivity contribution < 1.29 is 33.9 Å². The molecule has 0 aliphatic carbocycles. The quantitative estimate of drug-likeness (QED) is 0.105. The van der Waals surface area contributed by atoms with E-state index in [1.54, 1.807) is 24.3 Å². The Hall–Kier alpha value is -5.74. The number of likely N-dealkylation sites (tertiary alicyclic amines) is 1. The van der Waals surface area contributed by atoms with Gasteiger partial charge in [-0.05, 0) is 67.9 Å². The Morgan fingerprint density at radius 3 is 2.45 bits per heavy atom. The molecule has 2 aromatic carbocycles. The van der Waals surface area contributed by atoms with Crippen LogP contribution in [-0.4, -0.2) is 123 Å². The van der Waals surface area contributed by atoms with Crippen molar-refractivity contribution in [2.75, 3.05) is 49.9 Å². The Kier molecular flexibility index (Phi) is 13.0. The van der Waals surface area contributed by atoms with Crippen molar-refractivity contribution in [1.82, 2.24) is 35.3 Å². The maximum absolute atomic E-state index is 13.1. The molecule has 306 valence electrons. The number of nitrogens with zero attached hydrogens (tertiary/aromatic N) is 5. The van der Waals surface area contributed by atoms with Crippen molar-refractivity contribution in [3.63, 3.8) is 0 Å². The molecule has 3 aromatic rings. The number of nitrogens with one attached hydrogen (secondary N) is 4. The number of fused-ring (bicyclic) bond motifs is 2. The van der Waals surface area contributed by atoms with Crippen LogP contribution in [0.5, 0.6) is 0 Å². The van der Waals surface area contributed by atoms with Crippen LogP contribution in [0.3, 0.4) is 0 Å². The van der Waals surface area contributed by atoms with Crippen LogP contribution in [0.25, 0.3) is 0 Å². The minimum absolute atomic E-state index is 0.0731. The Morgan fingerprint density at radius 1 is 0.862 bits per heavy atom. The molecule has 0 bridgehead atoms. The van der Waals surface area contributed by atoms with Gasteiger partial charge in [0, 0.05) is 76.5 Å². The number of carbonyl (C=O) groups excluding carboxylic acids is 6. The third kappa shape index (κ3) is 9.85. The van der Waals surface area contributed by atoms with Crippen LogP contribution in [0, 0.1) is 0 Å². The molecule has 6 amide bonds. The molecule has 1 unspecified atom stereocenters. The summed E-state index contributed by atoms with van der Waals surface area (Å²) in [5.74, 6) is -1.79. The Morgan fingerprint density at radius 2 is 1.64 bits per heavy atom. The Balaban J connectivity index is 0.751. The zero-order chi connectivity index (χ0) is 40.6. The van der Waals surface area contributed by atoms with Crippen molar-refractivity contribution in [3.05, 3.63) is 82.8 Å². The number of rotatable bonds is 16. The number of carbonyl (C=O) groups is 6. The number of benzene rings is 2. The monoisotopic (exact) mass is 793 g/mol. The summed E-state index contributed by atoms with van der Waals surface area (Å²) in [4.78, 5) is 89.1. The highest BCUT2D eigenvalue weighted by Crippen LogP contribution is 2.30. The van der Waals surface area contributed by atoms with Crippen LogP contribution in [0.4, 0.5) is 11.5 Å². The zero-order valence-electron chi connectivity index (χ0n) is 32.6. The van der Waals surface area contributed by atoms with Gasteiger partial charge >= 0.3 is 0 Å². The summed E-state index contributed by atoms with van der Waals surface area (Å²) in [7, 11) is 0. The number of hydrogen-bond donors (Lipinski definition) is 5. The predicted molar refractivity (Wildman–Crippen MR) is 214 cm³/mol. The van der Waals surface area contributed by atoms with E-state index in [1.807, 2.05) is 11.0 Å². The molecule has 5 N–H and O–H groups in total. The molecule has 16 nitrogen and oxygen atoms in total. The first-order valence-electron chi connectivity index (χ1n) is 20.3. The van der Waals surface area contributed by atoms with Crippen molar-refractivity contribution >= 4 is 46.9 Å². The largest absolute Gasteiger partial charge is 0.390 e. The maximum atomic E-state index is 13.1. The van der Waals surface area contributed by atoms with Crippen LogP contribution in [0.1, 0.15) is 100 Å². The molecule has 58 heavy (non-hydrogen) atoms. The molecule has 7 rings (SSSR count). The number of β-amino-alcohol motifs (C(OH)–C–C–N with tert-alkyl or cyclic N) is 1. The first-order chi connectivity index (χ1) is 28.1. The van der Waals surface area contributed by atoms with E-state index in [9.17, 15) is 33.9 Å². The van der Waals surface area contributed by atoms with Gasteiger partial charge in [-0.2, -0.15) is 0 Å². The van der Waals surface area contributed by atoms with Gasteiger partial charge in [0.2, 0.25) is 17.7 Å². The van der Waals surface area contributed by atoms with E-state index >= 15 is 0 Å². The molecule has 2 fully saturated rings. The van der Waals surface area contributed by atoms with Gasteiger partial charge in [-0.25, -0.2) is 9.97 Å². The molecule has 0 radical (unpaired) electrons. The summed E-state index contributed by atoms with van der Waals surface area (Å²) in [6, 6.07) is 14.0.